The first-order valence-corrected chi connectivity index (χ1v) is 10.3. The smallest absolute Gasteiger partial charge is 0.254 e. The standard InChI is InChI=1S/C22H23N5O3/c28-21(18-9-5-13-30-18)23-16-7-3-6-15(14-16)22(29)26-12-4-8-17(26)20-25-24-19-10-1-2-11-27(19)20/h1-3,6-7,10-11,14,17-18H,4-5,8-9,12-13H2,(H,23,28). The highest BCUT2D eigenvalue weighted by Gasteiger charge is 2.34. The van der Waals surface area contributed by atoms with Gasteiger partial charge in [0.05, 0.1) is 6.04 Å². The molecule has 0 radical (unpaired) electrons. The van der Waals surface area contributed by atoms with Crippen molar-refractivity contribution >= 4 is 23.1 Å². The summed E-state index contributed by atoms with van der Waals surface area (Å²) in [5.41, 5.74) is 1.91. The summed E-state index contributed by atoms with van der Waals surface area (Å²) in [7, 11) is 0. The van der Waals surface area contributed by atoms with Gasteiger partial charge in [0.2, 0.25) is 0 Å². The number of hydrogen-bond donors (Lipinski definition) is 1. The highest BCUT2D eigenvalue weighted by molar-refractivity contribution is 5.98. The fourth-order valence-corrected chi connectivity index (χ4v) is 4.27. The Labute approximate surface area is 173 Å². The molecule has 0 bridgehead atoms. The van der Waals surface area contributed by atoms with Gasteiger partial charge >= 0.3 is 0 Å². The second-order valence-electron chi connectivity index (χ2n) is 7.72. The number of rotatable bonds is 4. The molecule has 30 heavy (non-hydrogen) atoms. The van der Waals surface area contributed by atoms with Crippen LogP contribution in [0.15, 0.2) is 48.7 Å². The SMILES string of the molecule is O=C(Nc1cccc(C(=O)N2CCCC2c2nnc3ccccn23)c1)C1CCCO1. The summed E-state index contributed by atoms with van der Waals surface area (Å²) in [5, 5.41) is 11.5. The second-order valence-corrected chi connectivity index (χ2v) is 7.72. The summed E-state index contributed by atoms with van der Waals surface area (Å²) in [6, 6.07) is 12.7. The third-order valence-electron chi connectivity index (χ3n) is 5.75. The van der Waals surface area contributed by atoms with E-state index in [9.17, 15) is 9.59 Å². The molecule has 1 N–H and O–H groups in total. The molecule has 2 saturated heterocycles. The molecular formula is C22H23N5O3. The zero-order valence-corrected chi connectivity index (χ0v) is 16.5. The molecule has 2 fully saturated rings. The summed E-state index contributed by atoms with van der Waals surface area (Å²) in [6.07, 6.45) is 4.89. The van der Waals surface area contributed by atoms with Crippen molar-refractivity contribution in [3.63, 3.8) is 0 Å². The number of hydrogen-bond acceptors (Lipinski definition) is 5. The number of carbonyl (C=O) groups excluding carboxylic acids is 2. The monoisotopic (exact) mass is 405 g/mol. The fraction of sp³-hybridized carbons (Fsp3) is 0.364. The minimum Gasteiger partial charge on any atom is -0.368 e. The number of ether oxygens (including phenoxy) is 1. The molecule has 2 aliphatic heterocycles. The molecule has 8 nitrogen and oxygen atoms in total. The van der Waals surface area contributed by atoms with E-state index in [4.69, 9.17) is 4.74 Å². The number of benzene rings is 1. The van der Waals surface area contributed by atoms with Crippen LogP contribution in [-0.4, -0.2) is 50.6 Å². The van der Waals surface area contributed by atoms with E-state index in [0.29, 0.717) is 24.4 Å². The van der Waals surface area contributed by atoms with Gasteiger partial charge in [0.15, 0.2) is 11.5 Å². The Balaban J connectivity index is 1.36. The molecular weight excluding hydrogens is 382 g/mol. The average molecular weight is 405 g/mol. The summed E-state index contributed by atoms with van der Waals surface area (Å²) in [4.78, 5) is 27.5. The van der Waals surface area contributed by atoms with Gasteiger partial charge in [0.25, 0.3) is 11.8 Å². The molecule has 2 amide bonds. The Morgan fingerprint density at radius 3 is 2.87 bits per heavy atom. The van der Waals surface area contributed by atoms with E-state index in [-0.39, 0.29) is 17.9 Å². The third kappa shape index (κ3) is 3.43. The van der Waals surface area contributed by atoms with Crippen molar-refractivity contribution < 1.29 is 14.3 Å². The van der Waals surface area contributed by atoms with Gasteiger partial charge in [0, 0.05) is 30.6 Å². The molecule has 2 unspecified atom stereocenters. The van der Waals surface area contributed by atoms with Crippen LogP contribution in [0.25, 0.3) is 5.65 Å². The Morgan fingerprint density at radius 1 is 1.07 bits per heavy atom. The Bertz CT molecular complexity index is 1090. The van der Waals surface area contributed by atoms with Gasteiger partial charge in [-0.3, -0.25) is 14.0 Å². The Kier molecular flexibility index (Phi) is 4.92. The minimum atomic E-state index is -0.409. The van der Waals surface area contributed by atoms with Crippen LogP contribution in [0, 0.1) is 0 Å². The quantitative estimate of drug-likeness (QED) is 0.721. The first kappa shape index (κ1) is 18.7. The van der Waals surface area contributed by atoms with E-state index < -0.39 is 6.10 Å². The van der Waals surface area contributed by atoms with Crippen molar-refractivity contribution in [3.8, 4) is 0 Å². The minimum absolute atomic E-state index is 0.0709. The highest BCUT2D eigenvalue weighted by atomic mass is 16.5. The molecule has 1 aromatic carbocycles. The molecule has 154 valence electrons. The van der Waals surface area contributed by atoms with Crippen LogP contribution in [0.1, 0.15) is 47.9 Å². The Hall–Kier alpha value is -3.26. The number of anilines is 1. The summed E-state index contributed by atoms with van der Waals surface area (Å²) >= 11 is 0. The van der Waals surface area contributed by atoms with Gasteiger partial charge < -0.3 is 15.0 Å². The van der Waals surface area contributed by atoms with E-state index in [2.05, 4.69) is 15.5 Å². The average Bonchev–Trinajstić information content (AvgIpc) is 3.53. The van der Waals surface area contributed by atoms with Gasteiger partial charge in [-0.2, -0.15) is 0 Å². The van der Waals surface area contributed by atoms with Crippen molar-refractivity contribution in [1.29, 1.82) is 0 Å². The number of nitrogens with one attached hydrogen (secondary N) is 1. The van der Waals surface area contributed by atoms with Crippen molar-refractivity contribution in [2.75, 3.05) is 18.5 Å². The lowest BCUT2D eigenvalue weighted by Gasteiger charge is -2.24. The molecule has 8 heteroatoms. The van der Waals surface area contributed by atoms with Crippen LogP contribution in [-0.2, 0) is 9.53 Å². The summed E-state index contributed by atoms with van der Waals surface area (Å²) < 4.78 is 7.37. The zero-order chi connectivity index (χ0) is 20.5. The first-order valence-electron chi connectivity index (χ1n) is 10.3. The molecule has 3 aromatic rings. The van der Waals surface area contributed by atoms with Gasteiger partial charge in [0.1, 0.15) is 6.10 Å². The zero-order valence-electron chi connectivity index (χ0n) is 16.5. The van der Waals surface area contributed by atoms with Crippen molar-refractivity contribution in [2.45, 2.75) is 37.8 Å². The molecule has 5 rings (SSSR count). The predicted molar refractivity (Wildman–Crippen MR) is 110 cm³/mol. The van der Waals surface area contributed by atoms with E-state index in [0.717, 1.165) is 37.2 Å². The maximum Gasteiger partial charge on any atom is 0.254 e. The molecule has 0 saturated carbocycles. The van der Waals surface area contributed by atoms with E-state index in [1.807, 2.05) is 33.7 Å². The largest absolute Gasteiger partial charge is 0.368 e. The lowest BCUT2D eigenvalue weighted by atomic mass is 10.1. The maximum absolute atomic E-state index is 13.3. The van der Waals surface area contributed by atoms with Crippen LogP contribution in [0.3, 0.4) is 0 Å². The topological polar surface area (TPSA) is 88.8 Å². The normalized spacial score (nSPS) is 21.3. The van der Waals surface area contributed by atoms with E-state index >= 15 is 0 Å². The number of carbonyl (C=O) groups is 2. The number of aromatic nitrogens is 3. The molecule has 2 aliphatic rings. The van der Waals surface area contributed by atoms with Crippen LogP contribution in [0.5, 0.6) is 0 Å². The van der Waals surface area contributed by atoms with Crippen LogP contribution in [0.2, 0.25) is 0 Å². The number of fused-ring (bicyclic) bond motifs is 1. The number of nitrogens with zero attached hydrogens (tertiary/aromatic N) is 4. The van der Waals surface area contributed by atoms with E-state index in [1.54, 1.807) is 24.3 Å². The number of pyridine rings is 1. The third-order valence-corrected chi connectivity index (χ3v) is 5.75. The molecule has 4 heterocycles. The second kappa shape index (κ2) is 7.87. The molecule has 2 aromatic heterocycles. The molecule has 0 aliphatic carbocycles. The predicted octanol–water partition coefficient (Wildman–Crippen LogP) is 2.82. The lowest BCUT2D eigenvalue weighted by Crippen LogP contribution is -2.31. The van der Waals surface area contributed by atoms with Gasteiger partial charge in [-0.1, -0.05) is 12.1 Å². The Morgan fingerprint density at radius 2 is 2.00 bits per heavy atom. The van der Waals surface area contributed by atoms with Crippen molar-refractivity contribution in [2.24, 2.45) is 0 Å². The van der Waals surface area contributed by atoms with Crippen LogP contribution < -0.4 is 5.32 Å². The highest BCUT2D eigenvalue weighted by Crippen LogP contribution is 2.32. The molecule has 0 spiro atoms. The number of likely N-dealkylation sites (tertiary alicyclic amines) is 1. The van der Waals surface area contributed by atoms with Crippen LogP contribution >= 0.6 is 0 Å². The lowest BCUT2D eigenvalue weighted by molar-refractivity contribution is -0.124. The van der Waals surface area contributed by atoms with Gasteiger partial charge in [-0.05, 0) is 56.0 Å². The van der Waals surface area contributed by atoms with Gasteiger partial charge in [-0.25, -0.2) is 0 Å². The van der Waals surface area contributed by atoms with Crippen LogP contribution in [0.4, 0.5) is 5.69 Å². The number of amides is 2. The van der Waals surface area contributed by atoms with Crippen molar-refractivity contribution in [1.82, 2.24) is 19.5 Å². The summed E-state index contributed by atoms with van der Waals surface area (Å²) in [6.45, 7) is 1.28. The fourth-order valence-electron chi connectivity index (χ4n) is 4.27. The summed E-state index contributed by atoms with van der Waals surface area (Å²) in [5.74, 6) is 0.545. The maximum atomic E-state index is 13.3. The van der Waals surface area contributed by atoms with E-state index in [1.165, 1.54) is 0 Å². The van der Waals surface area contributed by atoms with Gasteiger partial charge in [-0.15, -0.1) is 10.2 Å². The molecule has 2 atom stereocenters. The first-order chi connectivity index (χ1) is 14.7. The van der Waals surface area contributed by atoms with Crippen molar-refractivity contribution in [3.05, 3.63) is 60.0 Å².